The summed E-state index contributed by atoms with van der Waals surface area (Å²) in [5.74, 6) is 0.814. The number of rotatable bonds is 3. The molecule has 114 valence electrons. The number of carbonyl (C=O) groups is 1. The van der Waals surface area contributed by atoms with Crippen molar-refractivity contribution in [3.05, 3.63) is 53.6 Å². The van der Waals surface area contributed by atoms with E-state index in [2.05, 4.69) is 9.97 Å². The van der Waals surface area contributed by atoms with Crippen molar-refractivity contribution in [3.63, 3.8) is 0 Å². The van der Waals surface area contributed by atoms with E-state index in [4.69, 9.17) is 4.74 Å². The zero-order valence-corrected chi connectivity index (χ0v) is 12.8. The largest absolute Gasteiger partial charge is 0.491 e. The topological polar surface area (TPSA) is 55.3 Å². The fourth-order valence-corrected chi connectivity index (χ4v) is 2.57. The van der Waals surface area contributed by atoms with Crippen LogP contribution in [-0.2, 0) is 13.0 Å². The molecule has 1 aliphatic heterocycles. The number of amides is 1. The summed E-state index contributed by atoms with van der Waals surface area (Å²) in [7, 11) is 0. The molecule has 22 heavy (non-hydrogen) atoms. The lowest BCUT2D eigenvalue weighted by Gasteiger charge is -2.28. The third-order valence-electron chi connectivity index (χ3n) is 3.62. The van der Waals surface area contributed by atoms with E-state index in [0.29, 0.717) is 18.7 Å². The third kappa shape index (κ3) is 3.08. The zero-order chi connectivity index (χ0) is 15.5. The Morgan fingerprint density at radius 2 is 2.05 bits per heavy atom. The fourth-order valence-electron chi connectivity index (χ4n) is 2.57. The van der Waals surface area contributed by atoms with Crippen molar-refractivity contribution in [2.45, 2.75) is 32.9 Å². The second kappa shape index (κ2) is 6.13. The zero-order valence-electron chi connectivity index (χ0n) is 12.8. The van der Waals surface area contributed by atoms with Gasteiger partial charge in [-0.25, -0.2) is 9.97 Å². The lowest BCUT2D eigenvalue weighted by Crippen LogP contribution is -2.36. The molecular formula is C17H19N3O2. The van der Waals surface area contributed by atoms with Gasteiger partial charge in [-0.2, -0.15) is 0 Å². The molecule has 5 heteroatoms. The molecule has 1 amide bonds. The lowest BCUT2D eigenvalue weighted by molar-refractivity contribution is 0.0733. The predicted molar refractivity (Wildman–Crippen MR) is 82.7 cm³/mol. The summed E-state index contributed by atoms with van der Waals surface area (Å²) in [6, 6.07) is 7.32. The van der Waals surface area contributed by atoms with Gasteiger partial charge in [0, 0.05) is 36.8 Å². The average molecular weight is 297 g/mol. The molecule has 1 aromatic heterocycles. The van der Waals surface area contributed by atoms with Gasteiger partial charge in [0.15, 0.2) is 0 Å². The second-order valence-corrected chi connectivity index (χ2v) is 5.66. The van der Waals surface area contributed by atoms with Gasteiger partial charge in [-0.3, -0.25) is 4.79 Å². The van der Waals surface area contributed by atoms with Crippen LogP contribution in [0.25, 0.3) is 0 Å². The summed E-state index contributed by atoms with van der Waals surface area (Å²) in [4.78, 5) is 22.7. The summed E-state index contributed by atoms with van der Waals surface area (Å²) in [6.45, 7) is 5.21. The first-order chi connectivity index (χ1) is 10.6. The molecule has 1 aliphatic rings. The van der Waals surface area contributed by atoms with Gasteiger partial charge in [0.25, 0.3) is 5.91 Å². The Morgan fingerprint density at radius 1 is 1.27 bits per heavy atom. The maximum Gasteiger partial charge on any atom is 0.254 e. The summed E-state index contributed by atoms with van der Waals surface area (Å²) in [6.07, 6.45) is 4.25. The van der Waals surface area contributed by atoms with Gasteiger partial charge in [-0.05, 0) is 38.1 Å². The number of hydrogen-bond acceptors (Lipinski definition) is 4. The first-order valence-corrected chi connectivity index (χ1v) is 7.47. The Kier molecular flexibility index (Phi) is 4.04. The highest BCUT2D eigenvalue weighted by Gasteiger charge is 2.22. The van der Waals surface area contributed by atoms with Crippen LogP contribution in [0.15, 0.2) is 36.8 Å². The maximum absolute atomic E-state index is 12.6. The number of fused-ring (bicyclic) bond motifs is 1. The van der Waals surface area contributed by atoms with Gasteiger partial charge in [-0.1, -0.05) is 0 Å². The fraction of sp³-hybridized carbons (Fsp3) is 0.353. The molecule has 0 saturated heterocycles. The monoisotopic (exact) mass is 297 g/mol. The van der Waals surface area contributed by atoms with Crippen molar-refractivity contribution in [3.8, 4) is 5.75 Å². The van der Waals surface area contributed by atoms with Crippen LogP contribution in [0, 0.1) is 0 Å². The second-order valence-electron chi connectivity index (χ2n) is 5.66. The number of benzene rings is 1. The Labute approximate surface area is 130 Å². The number of carbonyl (C=O) groups excluding carboxylic acids is 1. The van der Waals surface area contributed by atoms with E-state index in [0.717, 1.165) is 23.4 Å². The van der Waals surface area contributed by atoms with E-state index in [1.165, 1.54) is 0 Å². The minimum Gasteiger partial charge on any atom is -0.491 e. The van der Waals surface area contributed by atoms with E-state index in [9.17, 15) is 4.79 Å². The van der Waals surface area contributed by atoms with Crippen LogP contribution in [-0.4, -0.2) is 33.4 Å². The molecule has 0 aliphatic carbocycles. The molecule has 3 rings (SSSR count). The van der Waals surface area contributed by atoms with E-state index >= 15 is 0 Å². The van der Waals surface area contributed by atoms with Crippen molar-refractivity contribution >= 4 is 5.91 Å². The van der Waals surface area contributed by atoms with Crippen LogP contribution >= 0.6 is 0 Å². The maximum atomic E-state index is 12.6. The predicted octanol–water partition coefficient (Wildman–Crippen LogP) is 2.46. The van der Waals surface area contributed by atoms with Crippen LogP contribution in [0.4, 0.5) is 0 Å². The molecule has 5 nitrogen and oxygen atoms in total. The van der Waals surface area contributed by atoms with E-state index < -0.39 is 0 Å². The first kappa shape index (κ1) is 14.5. The smallest absolute Gasteiger partial charge is 0.254 e. The van der Waals surface area contributed by atoms with Gasteiger partial charge in [0.1, 0.15) is 12.1 Å². The van der Waals surface area contributed by atoms with Crippen LogP contribution in [0.5, 0.6) is 5.75 Å². The highest BCUT2D eigenvalue weighted by Crippen LogP contribution is 2.20. The van der Waals surface area contributed by atoms with E-state index in [-0.39, 0.29) is 12.0 Å². The SMILES string of the molecule is CC(C)Oc1ccc(C(=O)N2CCc3ncncc3C2)cc1. The van der Waals surface area contributed by atoms with Gasteiger partial charge in [0.2, 0.25) is 0 Å². The lowest BCUT2D eigenvalue weighted by atomic mass is 10.1. The molecule has 0 N–H and O–H groups in total. The minimum absolute atomic E-state index is 0.0330. The van der Waals surface area contributed by atoms with Crippen molar-refractivity contribution < 1.29 is 9.53 Å². The Balaban J connectivity index is 1.72. The average Bonchev–Trinajstić information content (AvgIpc) is 2.54. The normalized spacial score (nSPS) is 13.9. The molecule has 0 unspecified atom stereocenters. The molecule has 2 aromatic rings. The molecule has 0 spiro atoms. The highest BCUT2D eigenvalue weighted by atomic mass is 16.5. The number of hydrogen-bond donors (Lipinski definition) is 0. The summed E-state index contributed by atoms with van der Waals surface area (Å²) < 4.78 is 5.60. The number of ether oxygens (including phenoxy) is 1. The van der Waals surface area contributed by atoms with Gasteiger partial charge in [-0.15, -0.1) is 0 Å². The summed E-state index contributed by atoms with van der Waals surface area (Å²) in [5, 5.41) is 0. The standard InChI is InChI=1S/C17H19N3O2/c1-12(2)22-15-5-3-13(4-6-15)17(21)20-8-7-16-14(10-20)9-18-11-19-16/h3-6,9,11-12H,7-8,10H2,1-2H3. The quantitative estimate of drug-likeness (QED) is 0.873. The summed E-state index contributed by atoms with van der Waals surface area (Å²) in [5.41, 5.74) is 2.75. The molecule has 0 fully saturated rings. The Hall–Kier alpha value is -2.43. The first-order valence-electron chi connectivity index (χ1n) is 7.47. The van der Waals surface area contributed by atoms with Crippen molar-refractivity contribution in [2.75, 3.05) is 6.54 Å². The van der Waals surface area contributed by atoms with E-state index in [1.54, 1.807) is 12.5 Å². The van der Waals surface area contributed by atoms with E-state index in [1.807, 2.05) is 43.0 Å². The number of nitrogens with zero attached hydrogens (tertiary/aromatic N) is 3. The van der Waals surface area contributed by atoms with Crippen molar-refractivity contribution in [1.29, 1.82) is 0 Å². The highest BCUT2D eigenvalue weighted by molar-refractivity contribution is 5.94. The molecule has 2 heterocycles. The van der Waals surface area contributed by atoms with Gasteiger partial charge in [0.05, 0.1) is 11.8 Å². The van der Waals surface area contributed by atoms with Crippen LogP contribution in [0.2, 0.25) is 0 Å². The Bertz CT molecular complexity index is 668. The molecule has 0 saturated carbocycles. The van der Waals surface area contributed by atoms with Crippen molar-refractivity contribution in [1.82, 2.24) is 14.9 Å². The minimum atomic E-state index is 0.0330. The Morgan fingerprint density at radius 3 is 2.77 bits per heavy atom. The number of aromatic nitrogens is 2. The van der Waals surface area contributed by atoms with Crippen LogP contribution < -0.4 is 4.74 Å². The summed E-state index contributed by atoms with van der Waals surface area (Å²) >= 11 is 0. The third-order valence-corrected chi connectivity index (χ3v) is 3.62. The molecule has 0 bridgehead atoms. The van der Waals surface area contributed by atoms with Crippen molar-refractivity contribution in [2.24, 2.45) is 0 Å². The molecule has 0 radical (unpaired) electrons. The molecular weight excluding hydrogens is 278 g/mol. The van der Waals surface area contributed by atoms with Crippen LogP contribution in [0.1, 0.15) is 35.5 Å². The van der Waals surface area contributed by atoms with Gasteiger partial charge >= 0.3 is 0 Å². The molecule has 1 aromatic carbocycles. The molecule has 0 atom stereocenters. The van der Waals surface area contributed by atoms with Gasteiger partial charge < -0.3 is 9.64 Å². The van der Waals surface area contributed by atoms with Crippen LogP contribution in [0.3, 0.4) is 0 Å².